The lowest BCUT2D eigenvalue weighted by molar-refractivity contribution is 1.07. The van der Waals surface area contributed by atoms with Crippen molar-refractivity contribution in [2.75, 3.05) is 0 Å². The van der Waals surface area contributed by atoms with E-state index in [1.54, 1.807) is 0 Å². The zero-order valence-corrected chi connectivity index (χ0v) is 26.5. The van der Waals surface area contributed by atoms with Gasteiger partial charge in [-0.1, -0.05) is 140 Å². The molecule has 0 unspecified atom stereocenters. The molecule has 0 fully saturated rings. The molecule has 49 heavy (non-hydrogen) atoms. The first-order chi connectivity index (χ1) is 24.3. The Balaban J connectivity index is 1.28. The van der Waals surface area contributed by atoms with Crippen LogP contribution < -0.4 is 0 Å². The van der Waals surface area contributed by atoms with Crippen molar-refractivity contribution < 1.29 is 0 Å². The highest BCUT2D eigenvalue weighted by atomic mass is 15.0. The first-order valence-electron chi connectivity index (χ1n) is 16.3. The van der Waals surface area contributed by atoms with E-state index < -0.39 is 0 Å². The molecule has 9 rings (SSSR count). The molecule has 5 nitrogen and oxygen atoms in total. The van der Waals surface area contributed by atoms with Gasteiger partial charge in [-0.3, -0.25) is 4.98 Å². The van der Waals surface area contributed by atoms with Crippen molar-refractivity contribution in [2.45, 2.75) is 0 Å². The predicted octanol–water partition coefficient (Wildman–Crippen LogP) is 10.7. The Kier molecular flexibility index (Phi) is 7.06. The smallest absolute Gasteiger partial charge is 0.164 e. The van der Waals surface area contributed by atoms with Gasteiger partial charge < -0.3 is 4.57 Å². The number of fused-ring (bicyclic) bond motifs is 3. The molecular formula is C44H29N5. The third kappa shape index (κ3) is 5.24. The molecule has 3 aromatic heterocycles. The van der Waals surface area contributed by atoms with Gasteiger partial charge in [0.2, 0.25) is 0 Å². The molecule has 3 heterocycles. The molecule has 0 saturated heterocycles. The van der Waals surface area contributed by atoms with Crippen LogP contribution in [-0.4, -0.2) is 24.5 Å². The van der Waals surface area contributed by atoms with E-state index in [1.165, 1.54) is 5.56 Å². The number of hydrogen-bond acceptors (Lipinski definition) is 4. The third-order valence-corrected chi connectivity index (χ3v) is 8.92. The van der Waals surface area contributed by atoms with Crippen molar-refractivity contribution in [1.82, 2.24) is 24.5 Å². The van der Waals surface area contributed by atoms with E-state index >= 15 is 0 Å². The number of pyridine rings is 1. The number of hydrogen-bond donors (Lipinski definition) is 0. The summed E-state index contributed by atoms with van der Waals surface area (Å²) < 4.78 is 2.35. The maximum atomic E-state index is 5.02. The minimum Gasteiger partial charge on any atom is -0.308 e. The monoisotopic (exact) mass is 627 g/mol. The van der Waals surface area contributed by atoms with E-state index in [0.717, 1.165) is 60.9 Å². The van der Waals surface area contributed by atoms with Crippen LogP contribution in [0.5, 0.6) is 0 Å². The molecule has 230 valence electrons. The zero-order valence-electron chi connectivity index (χ0n) is 26.5. The van der Waals surface area contributed by atoms with Crippen molar-refractivity contribution in [1.29, 1.82) is 0 Å². The Bertz CT molecular complexity index is 2520. The molecule has 0 atom stereocenters. The lowest BCUT2D eigenvalue weighted by Gasteiger charge is -2.13. The van der Waals surface area contributed by atoms with Gasteiger partial charge in [0.05, 0.1) is 11.0 Å². The molecular weight excluding hydrogens is 599 g/mol. The summed E-state index contributed by atoms with van der Waals surface area (Å²) in [5.74, 6) is 1.89. The summed E-state index contributed by atoms with van der Waals surface area (Å²) in [6.07, 6.45) is 3.96. The Labute approximate surface area is 283 Å². The lowest BCUT2D eigenvalue weighted by atomic mass is 10.0. The summed E-state index contributed by atoms with van der Waals surface area (Å²) in [6, 6.07) is 56.4. The van der Waals surface area contributed by atoms with E-state index in [-0.39, 0.29) is 0 Å². The van der Waals surface area contributed by atoms with E-state index in [9.17, 15) is 0 Å². The highest BCUT2D eigenvalue weighted by Gasteiger charge is 2.19. The van der Waals surface area contributed by atoms with Gasteiger partial charge >= 0.3 is 0 Å². The van der Waals surface area contributed by atoms with E-state index in [0.29, 0.717) is 17.5 Å². The molecule has 0 bridgehead atoms. The first kappa shape index (κ1) is 28.5. The average molecular weight is 628 g/mol. The maximum absolute atomic E-state index is 5.02. The van der Waals surface area contributed by atoms with Crippen LogP contribution in [0, 0.1) is 0 Å². The van der Waals surface area contributed by atoms with Crippen LogP contribution in [0.3, 0.4) is 0 Å². The van der Waals surface area contributed by atoms with Gasteiger partial charge in [-0.25, -0.2) is 15.0 Å². The molecule has 0 N–H and O–H groups in total. The van der Waals surface area contributed by atoms with Crippen LogP contribution in [0.1, 0.15) is 0 Å². The quantitative estimate of drug-likeness (QED) is 0.184. The van der Waals surface area contributed by atoms with Crippen molar-refractivity contribution in [2.24, 2.45) is 0 Å². The second-order valence-corrected chi connectivity index (χ2v) is 12.0. The molecule has 0 aliphatic rings. The normalized spacial score (nSPS) is 11.3. The third-order valence-electron chi connectivity index (χ3n) is 8.92. The number of nitrogens with zero attached hydrogens (tertiary/aromatic N) is 5. The van der Waals surface area contributed by atoms with Crippen LogP contribution in [0.15, 0.2) is 176 Å². The Morgan fingerprint density at radius 1 is 0.367 bits per heavy atom. The van der Waals surface area contributed by atoms with E-state index in [4.69, 9.17) is 19.9 Å². The number of rotatable bonds is 6. The van der Waals surface area contributed by atoms with Gasteiger partial charge in [0.25, 0.3) is 0 Å². The number of benzene rings is 6. The van der Waals surface area contributed by atoms with Gasteiger partial charge in [0, 0.05) is 51.1 Å². The first-order valence-corrected chi connectivity index (χ1v) is 16.3. The highest BCUT2D eigenvalue weighted by Crippen LogP contribution is 2.39. The Morgan fingerprint density at radius 3 is 1.51 bits per heavy atom. The molecule has 9 aromatic rings. The highest BCUT2D eigenvalue weighted by molar-refractivity contribution is 6.14. The molecule has 0 aliphatic carbocycles. The van der Waals surface area contributed by atoms with Crippen LogP contribution in [-0.2, 0) is 0 Å². The fourth-order valence-electron chi connectivity index (χ4n) is 6.59. The van der Waals surface area contributed by atoms with Crippen molar-refractivity contribution >= 4 is 21.8 Å². The molecule has 6 aromatic carbocycles. The van der Waals surface area contributed by atoms with Gasteiger partial charge in [0.15, 0.2) is 17.5 Å². The minimum absolute atomic E-state index is 0.617. The largest absolute Gasteiger partial charge is 0.308 e. The molecule has 0 spiro atoms. The second-order valence-electron chi connectivity index (χ2n) is 12.0. The van der Waals surface area contributed by atoms with E-state index in [2.05, 4.69) is 102 Å². The summed E-state index contributed by atoms with van der Waals surface area (Å²) in [5, 5.41) is 2.24. The zero-order chi connectivity index (χ0) is 32.6. The van der Waals surface area contributed by atoms with Gasteiger partial charge in [-0.05, 0) is 41.0 Å². The van der Waals surface area contributed by atoms with E-state index in [1.807, 2.05) is 79.1 Å². The summed E-state index contributed by atoms with van der Waals surface area (Å²) in [7, 11) is 0. The Morgan fingerprint density at radius 2 is 0.898 bits per heavy atom. The van der Waals surface area contributed by atoms with Crippen LogP contribution in [0.4, 0.5) is 0 Å². The lowest BCUT2D eigenvalue weighted by Crippen LogP contribution is -2.01. The summed E-state index contributed by atoms with van der Waals surface area (Å²) in [5.41, 5.74) is 10.5. The molecule has 0 aliphatic heterocycles. The molecule has 0 saturated carbocycles. The van der Waals surface area contributed by atoms with Gasteiger partial charge in [0.1, 0.15) is 0 Å². The van der Waals surface area contributed by atoms with Crippen LogP contribution in [0.25, 0.3) is 83.9 Å². The topological polar surface area (TPSA) is 56.5 Å². The fourth-order valence-corrected chi connectivity index (χ4v) is 6.59. The maximum Gasteiger partial charge on any atom is 0.164 e. The SMILES string of the molecule is c1ccc(-c2ccc3c(c2)c2cncc(-c4ccccc4)c2n3-c2cccc(-c3nc(-c4ccccc4)nc(-c4ccccc4)n3)c2)cc1. The molecule has 5 heteroatoms. The minimum atomic E-state index is 0.617. The van der Waals surface area contributed by atoms with Crippen molar-refractivity contribution in [3.05, 3.63) is 176 Å². The van der Waals surface area contributed by atoms with Crippen LogP contribution in [0.2, 0.25) is 0 Å². The molecule has 0 radical (unpaired) electrons. The summed E-state index contributed by atoms with van der Waals surface area (Å²) >= 11 is 0. The van der Waals surface area contributed by atoms with Gasteiger partial charge in [-0.15, -0.1) is 0 Å². The van der Waals surface area contributed by atoms with Gasteiger partial charge in [-0.2, -0.15) is 0 Å². The van der Waals surface area contributed by atoms with Crippen LogP contribution >= 0.6 is 0 Å². The fraction of sp³-hybridized carbons (Fsp3) is 0. The summed E-state index contributed by atoms with van der Waals surface area (Å²) in [4.78, 5) is 19.7. The predicted molar refractivity (Wildman–Crippen MR) is 199 cm³/mol. The Hall–Kier alpha value is -6.72. The number of aromatic nitrogens is 5. The van der Waals surface area contributed by atoms with Crippen molar-refractivity contribution in [3.63, 3.8) is 0 Å². The standard InChI is InChI=1S/C44H29N5/c1-5-14-30(15-6-1)34-24-25-40-37(27-34)39-29-45-28-38(31-16-7-2-8-17-31)41(39)49(40)36-23-13-22-35(26-36)44-47-42(32-18-9-3-10-19-32)46-43(48-44)33-20-11-4-12-21-33/h1-29H. The second kappa shape index (κ2) is 12.1. The summed E-state index contributed by atoms with van der Waals surface area (Å²) in [6.45, 7) is 0. The average Bonchev–Trinajstić information content (AvgIpc) is 3.53. The molecule has 0 amide bonds. The van der Waals surface area contributed by atoms with Crippen molar-refractivity contribution in [3.8, 4) is 62.1 Å².